The minimum absolute atomic E-state index is 0.0900. The number of carbonyl (C=O) groups is 1. The third kappa shape index (κ3) is 3.64. The van der Waals surface area contributed by atoms with Gasteiger partial charge in [-0.25, -0.2) is 0 Å². The van der Waals surface area contributed by atoms with Crippen LogP contribution in [0.2, 0.25) is 5.02 Å². The molecule has 0 radical (unpaired) electrons. The molecule has 1 aliphatic heterocycles. The molecule has 2 N–H and O–H groups in total. The topological polar surface area (TPSA) is 50.4 Å². The van der Waals surface area contributed by atoms with E-state index in [9.17, 15) is 4.79 Å². The van der Waals surface area contributed by atoms with E-state index in [1.165, 1.54) is 0 Å². The fourth-order valence-corrected chi connectivity index (χ4v) is 2.51. The molecular weight excluding hydrogens is 276 g/mol. The van der Waals surface area contributed by atoms with Crippen molar-refractivity contribution in [2.24, 2.45) is 0 Å². The number of rotatable bonds is 4. The maximum Gasteiger partial charge on any atom is 0.253 e. The fourth-order valence-electron chi connectivity index (χ4n) is 2.34. The lowest BCUT2D eigenvalue weighted by Crippen LogP contribution is -2.49. The van der Waals surface area contributed by atoms with Crippen molar-refractivity contribution in [1.82, 2.24) is 5.32 Å². The first-order valence-electron chi connectivity index (χ1n) is 6.98. The normalized spacial score (nSPS) is 17.6. The van der Waals surface area contributed by atoms with Gasteiger partial charge in [-0.15, -0.1) is 0 Å². The number of nitrogens with one attached hydrogen (secondary N) is 2. The van der Waals surface area contributed by atoms with Crippen molar-refractivity contribution in [1.29, 1.82) is 0 Å². The first-order chi connectivity index (χ1) is 9.54. The number of hydrogen-bond donors (Lipinski definition) is 2. The van der Waals surface area contributed by atoms with Crippen LogP contribution in [-0.4, -0.2) is 31.2 Å². The molecule has 0 spiro atoms. The van der Waals surface area contributed by atoms with E-state index in [1.807, 2.05) is 13.0 Å². The van der Waals surface area contributed by atoms with E-state index >= 15 is 0 Å². The summed E-state index contributed by atoms with van der Waals surface area (Å²) in [5, 5.41) is 6.87. The second-order valence-corrected chi connectivity index (χ2v) is 5.78. The number of anilines is 1. The predicted molar refractivity (Wildman–Crippen MR) is 81.5 cm³/mol. The first kappa shape index (κ1) is 15.1. The van der Waals surface area contributed by atoms with Crippen LogP contribution in [0.3, 0.4) is 0 Å². The van der Waals surface area contributed by atoms with Crippen LogP contribution < -0.4 is 10.6 Å². The Bertz CT molecular complexity index is 485. The highest BCUT2D eigenvalue weighted by molar-refractivity contribution is 6.31. The quantitative estimate of drug-likeness (QED) is 0.898. The molecule has 110 valence electrons. The Kier molecular flexibility index (Phi) is 4.89. The number of hydrogen-bond acceptors (Lipinski definition) is 3. The summed E-state index contributed by atoms with van der Waals surface area (Å²) in [6, 6.07) is 5.33. The molecule has 0 bridgehead atoms. The van der Waals surface area contributed by atoms with Crippen LogP contribution in [0.5, 0.6) is 0 Å². The number of ether oxygens (including phenoxy) is 1. The lowest BCUT2D eigenvalue weighted by atomic mass is 9.92. The van der Waals surface area contributed by atoms with E-state index in [0.29, 0.717) is 23.8 Å². The van der Waals surface area contributed by atoms with E-state index in [2.05, 4.69) is 17.6 Å². The predicted octanol–water partition coefficient (Wildman–Crippen LogP) is 3.07. The van der Waals surface area contributed by atoms with Gasteiger partial charge in [0.1, 0.15) is 0 Å². The summed E-state index contributed by atoms with van der Waals surface area (Å²) in [6.45, 7) is 6.19. The molecule has 1 amide bonds. The zero-order valence-corrected chi connectivity index (χ0v) is 12.7. The summed E-state index contributed by atoms with van der Waals surface area (Å²) in [5.74, 6) is -0.0900. The van der Waals surface area contributed by atoms with E-state index in [1.54, 1.807) is 12.1 Å². The molecule has 20 heavy (non-hydrogen) atoms. The van der Waals surface area contributed by atoms with Gasteiger partial charge in [0.25, 0.3) is 5.91 Å². The Balaban J connectivity index is 2.17. The monoisotopic (exact) mass is 296 g/mol. The molecule has 0 aromatic heterocycles. The van der Waals surface area contributed by atoms with E-state index in [0.717, 1.165) is 25.1 Å². The van der Waals surface area contributed by atoms with Crippen molar-refractivity contribution in [2.75, 3.05) is 25.1 Å². The minimum atomic E-state index is -0.207. The van der Waals surface area contributed by atoms with Gasteiger partial charge in [0.15, 0.2) is 0 Å². The van der Waals surface area contributed by atoms with Crippen molar-refractivity contribution in [3.63, 3.8) is 0 Å². The lowest BCUT2D eigenvalue weighted by molar-refractivity contribution is 0.0423. The van der Waals surface area contributed by atoms with Crippen LogP contribution in [-0.2, 0) is 4.74 Å². The van der Waals surface area contributed by atoms with E-state index in [4.69, 9.17) is 16.3 Å². The average molecular weight is 297 g/mol. The molecule has 0 saturated carbocycles. The molecule has 2 rings (SSSR count). The number of amides is 1. The molecule has 1 heterocycles. The van der Waals surface area contributed by atoms with E-state index in [-0.39, 0.29) is 11.4 Å². The second-order valence-electron chi connectivity index (χ2n) is 5.35. The van der Waals surface area contributed by atoms with Crippen LogP contribution in [0, 0.1) is 0 Å². The molecule has 1 aromatic carbocycles. The molecule has 1 aromatic rings. The van der Waals surface area contributed by atoms with Gasteiger partial charge >= 0.3 is 0 Å². The largest absolute Gasteiger partial charge is 0.385 e. The standard InChI is InChI=1S/C15H21ClN2O2/c1-3-17-13-5-4-11(16)10-12(13)14(19)18-15(2)6-8-20-9-7-15/h4-5,10,17H,3,6-9H2,1-2H3,(H,18,19). The summed E-state index contributed by atoms with van der Waals surface area (Å²) in [7, 11) is 0. The molecule has 5 heteroatoms. The fraction of sp³-hybridized carbons (Fsp3) is 0.533. The lowest BCUT2D eigenvalue weighted by Gasteiger charge is -2.34. The van der Waals surface area contributed by atoms with Gasteiger partial charge in [-0.05, 0) is 44.9 Å². The molecule has 1 aliphatic rings. The van der Waals surface area contributed by atoms with E-state index < -0.39 is 0 Å². The summed E-state index contributed by atoms with van der Waals surface area (Å²) < 4.78 is 5.35. The summed E-state index contributed by atoms with van der Waals surface area (Å²) in [4.78, 5) is 12.5. The van der Waals surface area contributed by atoms with Crippen LogP contribution in [0.25, 0.3) is 0 Å². The average Bonchev–Trinajstić information content (AvgIpc) is 2.41. The smallest absolute Gasteiger partial charge is 0.253 e. The molecule has 1 saturated heterocycles. The zero-order valence-electron chi connectivity index (χ0n) is 12.0. The molecule has 4 nitrogen and oxygen atoms in total. The highest BCUT2D eigenvalue weighted by atomic mass is 35.5. The second kappa shape index (κ2) is 6.46. The van der Waals surface area contributed by atoms with Crippen LogP contribution >= 0.6 is 11.6 Å². The Labute approximate surface area is 124 Å². The molecule has 0 atom stereocenters. The third-order valence-electron chi connectivity index (χ3n) is 3.61. The van der Waals surface area contributed by atoms with Crippen LogP contribution in [0.15, 0.2) is 18.2 Å². The van der Waals surface area contributed by atoms with Crippen molar-refractivity contribution in [3.05, 3.63) is 28.8 Å². The van der Waals surface area contributed by atoms with Gasteiger partial charge in [-0.1, -0.05) is 11.6 Å². The Morgan fingerprint density at radius 3 is 2.75 bits per heavy atom. The highest BCUT2D eigenvalue weighted by Crippen LogP contribution is 2.24. The SMILES string of the molecule is CCNc1ccc(Cl)cc1C(=O)NC1(C)CCOCC1. The molecule has 1 fully saturated rings. The van der Waals surface area contributed by atoms with Crippen molar-refractivity contribution in [2.45, 2.75) is 32.2 Å². The number of benzene rings is 1. The Morgan fingerprint density at radius 1 is 1.40 bits per heavy atom. The number of halogens is 1. The van der Waals surface area contributed by atoms with Gasteiger partial charge in [0.05, 0.1) is 5.56 Å². The minimum Gasteiger partial charge on any atom is -0.385 e. The molecular formula is C15H21ClN2O2. The van der Waals surface area contributed by atoms with Crippen molar-refractivity contribution >= 4 is 23.2 Å². The van der Waals surface area contributed by atoms with Gasteiger partial charge in [0.2, 0.25) is 0 Å². The highest BCUT2D eigenvalue weighted by Gasteiger charge is 2.29. The Morgan fingerprint density at radius 2 is 2.10 bits per heavy atom. The van der Waals surface area contributed by atoms with Gasteiger partial charge in [-0.3, -0.25) is 4.79 Å². The molecule has 0 unspecified atom stereocenters. The zero-order chi connectivity index (χ0) is 14.6. The Hall–Kier alpha value is -1.26. The van der Waals surface area contributed by atoms with Crippen LogP contribution in [0.4, 0.5) is 5.69 Å². The van der Waals surface area contributed by atoms with Gasteiger partial charge in [0, 0.05) is 36.0 Å². The maximum absolute atomic E-state index is 12.5. The third-order valence-corrected chi connectivity index (χ3v) is 3.84. The first-order valence-corrected chi connectivity index (χ1v) is 7.35. The summed E-state index contributed by atoms with van der Waals surface area (Å²) in [5.41, 5.74) is 1.19. The molecule has 0 aliphatic carbocycles. The maximum atomic E-state index is 12.5. The number of carbonyl (C=O) groups excluding carboxylic acids is 1. The summed E-state index contributed by atoms with van der Waals surface area (Å²) >= 11 is 6.01. The van der Waals surface area contributed by atoms with Crippen molar-refractivity contribution < 1.29 is 9.53 Å². The van der Waals surface area contributed by atoms with Gasteiger partial charge < -0.3 is 15.4 Å². The van der Waals surface area contributed by atoms with Gasteiger partial charge in [-0.2, -0.15) is 0 Å². The summed E-state index contributed by atoms with van der Waals surface area (Å²) in [6.07, 6.45) is 1.66. The van der Waals surface area contributed by atoms with Crippen molar-refractivity contribution in [3.8, 4) is 0 Å². The van der Waals surface area contributed by atoms with Crippen LogP contribution in [0.1, 0.15) is 37.0 Å².